The number of nitrogens with zero attached hydrogens (tertiary/aromatic N) is 1. The molecule has 0 spiro atoms. The third-order valence-corrected chi connectivity index (χ3v) is 6.18. The van der Waals surface area contributed by atoms with Gasteiger partial charge in [-0.25, -0.2) is 9.69 Å². The van der Waals surface area contributed by atoms with Crippen LogP contribution in [0.1, 0.15) is 11.1 Å². The number of fused-ring (bicyclic) bond motifs is 2. The molecule has 4 aromatic rings. The van der Waals surface area contributed by atoms with E-state index in [0.29, 0.717) is 29.4 Å². The summed E-state index contributed by atoms with van der Waals surface area (Å²) in [5.41, 5.74) is 1.78. The van der Waals surface area contributed by atoms with Gasteiger partial charge in [-0.1, -0.05) is 54.6 Å². The third kappa shape index (κ3) is 4.25. The Balaban J connectivity index is 1.20. The number of hydrogen-bond donors (Lipinski definition) is 1. The van der Waals surface area contributed by atoms with Gasteiger partial charge in [0.15, 0.2) is 11.5 Å². The molecule has 1 fully saturated rings. The van der Waals surface area contributed by atoms with E-state index in [9.17, 15) is 14.4 Å². The van der Waals surface area contributed by atoms with Crippen LogP contribution in [-0.2, 0) is 16.2 Å². The van der Waals surface area contributed by atoms with E-state index < -0.39 is 17.8 Å². The fraction of sp³-hybridized carbons (Fsp3) is 0.0690. The normalized spacial score (nSPS) is 15.8. The van der Waals surface area contributed by atoms with Crippen molar-refractivity contribution in [1.29, 1.82) is 0 Å². The van der Waals surface area contributed by atoms with Gasteiger partial charge in [-0.3, -0.25) is 14.9 Å². The summed E-state index contributed by atoms with van der Waals surface area (Å²) < 4.78 is 16.6. The Hall–Kier alpha value is -5.11. The highest BCUT2D eigenvalue weighted by atomic mass is 16.7. The number of anilines is 1. The molecule has 8 heteroatoms. The molecule has 0 aliphatic carbocycles. The number of barbiturate groups is 1. The van der Waals surface area contributed by atoms with Crippen LogP contribution in [0.3, 0.4) is 0 Å². The first-order valence-electron chi connectivity index (χ1n) is 11.6. The van der Waals surface area contributed by atoms with E-state index in [-0.39, 0.29) is 18.1 Å². The van der Waals surface area contributed by atoms with Gasteiger partial charge in [0.05, 0.1) is 5.69 Å². The first-order valence-corrected chi connectivity index (χ1v) is 11.6. The van der Waals surface area contributed by atoms with E-state index in [1.165, 1.54) is 12.1 Å². The van der Waals surface area contributed by atoms with Crippen LogP contribution in [0, 0.1) is 0 Å². The summed E-state index contributed by atoms with van der Waals surface area (Å²) in [7, 11) is 0. The zero-order chi connectivity index (χ0) is 25.4. The van der Waals surface area contributed by atoms with E-state index in [1.54, 1.807) is 36.4 Å². The van der Waals surface area contributed by atoms with Crippen LogP contribution in [0.5, 0.6) is 17.2 Å². The van der Waals surface area contributed by atoms with Gasteiger partial charge in [0.2, 0.25) is 6.79 Å². The van der Waals surface area contributed by atoms with Crippen LogP contribution in [-0.4, -0.2) is 24.6 Å². The molecular weight excluding hydrogens is 472 g/mol. The molecule has 0 saturated carbocycles. The van der Waals surface area contributed by atoms with Crippen molar-refractivity contribution in [2.45, 2.75) is 6.61 Å². The monoisotopic (exact) mass is 492 g/mol. The van der Waals surface area contributed by atoms with Crippen molar-refractivity contribution in [3.8, 4) is 17.2 Å². The predicted molar refractivity (Wildman–Crippen MR) is 136 cm³/mol. The lowest BCUT2D eigenvalue weighted by molar-refractivity contribution is -0.122. The minimum atomic E-state index is -0.830. The molecule has 1 saturated heterocycles. The van der Waals surface area contributed by atoms with Crippen LogP contribution < -0.4 is 24.4 Å². The van der Waals surface area contributed by atoms with Gasteiger partial charge in [0, 0.05) is 6.07 Å². The zero-order valence-electron chi connectivity index (χ0n) is 19.5. The Morgan fingerprint density at radius 2 is 1.65 bits per heavy atom. The fourth-order valence-corrected chi connectivity index (χ4v) is 4.32. The highest BCUT2D eigenvalue weighted by Gasteiger charge is 2.37. The highest BCUT2D eigenvalue weighted by Crippen LogP contribution is 2.36. The van der Waals surface area contributed by atoms with Gasteiger partial charge in [-0.05, 0) is 52.2 Å². The largest absolute Gasteiger partial charge is 0.489 e. The Morgan fingerprint density at radius 3 is 2.51 bits per heavy atom. The smallest absolute Gasteiger partial charge is 0.335 e. The van der Waals surface area contributed by atoms with Crippen LogP contribution in [0.2, 0.25) is 0 Å². The SMILES string of the molecule is O=C1NC(=O)N(c2ccc3c(c2)OCO3)C(=O)/C1=C/c1ccc(OCc2cccc3ccccc23)cc1. The Bertz CT molecular complexity index is 1590. The summed E-state index contributed by atoms with van der Waals surface area (Å²) in [6.07, 6.45) is 1.44. The number of amides is 4. The number of hydrogen-bond acceptors (Lipinski definition) is 6. The molecule has 0 aromatic heterocycles. The summed E-state index contributed by atoms with van der Waals surface area (Å²) in [4.78, 5) is 39.0. The number of imide groups is 2. The number of carbonyl (C=O) groups is 3. The first kappa shape index (κ1) is 22.4. The van der Waals surface area contributed by atoms with E-state index in [0.717, 1.165) is 21.2 Å². The molecule has 182 valence electrons. The standard InChI is InChI=1S/C29H20N2O6/c32-27-24(28(33)31(29(34)30-27)21-10-13-25-26(15-21)37-17-36-25)14-18-8-11-22(12-9-18)35-16-20-6-3-5-19-4-1-2-7-23(19)20/h1-15H,16-17H2,(H,30,32,34)/b24-14+. The van der Waals surface area contributed by atoms with Crippen molar-refractivity contribution in [3.05, 3.63) is 102 Å². The lowest BCUT2D eigenvalue weighted by Gasteiger charge is -2.26. The number of ether oxygens (including phenoxy) is 3. The molecule has 0 unspecified atom stereocenters. The molecule has 4 aromatic carbocycles. The third-order valence-electron chi connectivity index (χ3n) is 6.18. The molecule has 6 rings (SSSR count). The molecule has 37 heavy (non-hydrogen) atoms. The van der Waals surface area contributed by atoms with Crippen molar-refractivity contribution in [1.82, 2.24) is 5.32 Å². The Kier molecular flexibility index (Phi) is 5.54. The van der Waals surface area contributed by atoms with E-state index in [1.807, 2.05) is 24.3 Å². The Labute approximate surface area is 211 Å². The summed E-state index contributed by atoms with van der Waals surface area (Å²) >= 11 is 0. The molecule has 0 bridgehead atoms. The van der Waals surface area contributed by atoms with Crippen molar-refractivity contribution in [2.24, 2.45) is 0 Å². The van der Waals surface area contributed by atoms with E-state index in [2.05, 4.69) is 23.5 Å². The summed E-state index contributed by atoms with van der Waals surface area (Å²) in [6.45, 7) is 0.458. The van der Waals surface area contributed by atoms with Gasteiger partial charge in [0.25, 0.3) is 11.8 Å². The van der Waals surface area contributed by atoms with Gasteiger partial charge < -0.3 is 14.2 Å². The van der Waals surface area contributed by atoms with Crippen LogP contribution in [0.25, 0.3) is 16.8 Å². The van der Waals surface area contributed by atoms with E-state index in [4.69, 9.17) is 14.2 Å². The number of nitrogens with one attached hydrogen (secondary N) is 1. The summed E-state index contributed by atoms with van der Waals surface area (Å²) in [5, 5.41) is 4.50. The lowest BCUT2D eigenvalue weighted by Crippen LogP contribution is -2.54. The quantitative estimate of drug-likeness (QED) is 0.317. The zero-order valence-corrected chi connectivity index (χ0v) is 19.5. The molecular formula is C29H20N2O6. The molecule has 2 aliphatic rings. The van der Waals surface area contributed by atoms with Gasteiger partial charge in [0.1, 0.15) is 17.9 Å². The molecule has 2 heterocycles. The number of rotatable bonds is 5. The lowest BCUT2D eigenvalue weighted by atomic mass is 10.1. The van der Waals surface area contributed by atoms with Crippen molar-refractivity contribution >= 4 is 40.4 Å². The fourth-order valence-electron chi connectivity index (χ4n) is 4.32. The van der Waals surface area contributed by atoms with E-state index >= 15 is 0 Å². The highest BCUT2D eigenvalue weighted by molar-refractivity contribution is 6.39. The minimum absolute atomic E-state index is 0.0597. The first-order chi connectivity index (χ1) is 18.1. The molecule has 0 atom stereocenters. The number of benzene rings is 4. The minimum Gasteiger partial charge on any atom is -0.489 e. The molecule has 1 N–H and O–H groups in total. The van der Waals surface area contributed by atoms with Gasteiger partial charge >= 0.3 is 6.03 Å². The average molecular weight is 492 g/mol. The summed E-state index contributed by atoms with van der Waals surface area (Å²) in [5.74, 6) is 0.0849. The van der Waals surface area contributed by atoms with Crippen molar-refractivity contribution < 1.29 is 28.6 Å². The van der Waals surface area contributed by atoms with Crippen LogP contribution in [0.15, 0.2) is 90.5 Å². The second-order valence-electron chi connectivity index (χ2n) is 8.49. The number of urea groups is 1. The Morgan fingerprint density at radius 1 is 0.865 bits per heavy atom. The molecule has 0 radical (unpaired) electrons. The average Bonchev–Trinajstić information content (AvgIpc) is 3.38. The van der Waals surface area contributed by atoms with Crippen LogP contribution >= 0.6 is 0 Å². The van der Waals surface area contributed by atoms with Crippen LogP contribution in [0.4, 0.5) is 10.5 Å². The topological polar surface area (TPSA) is 94.2 Å². The maximum absolute atomic E-state index is 13.2. The second kappa shape index (κ2) is 9.16. The van der Waals surface area contributed by atoms with Gasteiger partial charge in [-0.15, -0.1) is 0 Å². The predicted octanol–water partition coefficient (Wildman–Crippen LogP) is 4.81. The molecule has 2 aliphatic heterocycles. The summed E-state index contributed by atoms with van der Waals surface area (Å²) in [6, 6.07) is 25.1. The van der Waals surface area contributed by atoms with Crippen molar-refractivity contribution in [3.63, 3.8) is 0 Å². The number of carbonyl (C=O) groups excluding carboxylic acids is 3. The van der Waals surface area contributed by atoms with Gasteiger partial charge in [-0.2, -0.15) is 0 Å². The maximum atomic E-state index is 13.2. The molecule has 8 nitrogen and oxygen atoms in total. The van der Waals surface area contributed by atoms with Crippen molar-refractivity contribution in [2.75, 3.05) is 11.7 Å². The maximum Gasteiger partial charge on any atom is 0.335 e. The molecule has 4 amide bonds. The second-order valence-corrected chi connectivity index (χ2v) is 8.49.